The molecule has 14 heavy (non-hydrogen) atoms. The fourth-order valence-electron chi connectivity index (χ4n) is 1.41. The summed E-state index contributed by atoms with van der Waals surface area (Å²) >= 11 is 0. The second-order valence-corrected chi connectivity index (χ2v) is 4.91. The van der Waals surface area contributed by atoms with Crippen molar-refractivity contribution in [2.45, 2.75) is 58.3 Å². The van der Waals surface area contributed by atoms with Crippen molar-refractivity contribution in [1.82, 2.24) is 0 Å². The Morgan fingerprint density at radius 1 is 0.929 bits per heavy atom. The average Bonchev–Trinajstić information content (AvgIpc) is 2.09. The summed E-state index contributed by atoms with van der Waals surface area (Å²) in [5.41, 5.74) is 0. The molecule has 0 aromatic carbocycles. The summed E-state index contributed by atoms with van der Waals surface area (Å²) in [5.74, 6) is 0. The first-order valence-corrected chi connectivity index (χ1v) is 7.05. The second kappa shape index (κ2) is 13.9. The van der Waals surface area contributed by atoms with E-state index >= 15 is 0 Å². The molecule has 0 heterocycles. The largest absolute Gasteiger partial charge is 0.346 e. The van der Waals surface area contributed by atoms with Crippen molar-refractivity contribution in [3.05, 3.63) is 0 Å². The standard InChI is InChI=1S/C10H23O2P.Mo/c1-2-3-4-5-6-7-8-9-10-13(11)12;/h13H,2-10H2,1H3,(H,11,12);. The van der Waals surface area contributed by atoms with Gasteiger partial charge in [-0.05, 0) is 6.42 Å². The van der Waals surface area contributed by atoms with Crippen molar-refractivity contribution < 1.29 is 30.5 Å². The molecule has 0 amide bonds. The molecule has 0 fully saturated rings. The summed E-state index contributed by atoms with van der Waals surface area (Å²) in [7, 11) is -2.19. The Hall–Kier alpha value is 0.878. The zero-order valence-electron chi connectivity index (χ0n) is 9.13. The van der Waals surface area contributed by atoms with E-state index in [0.29, 0.717) is 6.16 Å². The molecule has 0 bridgehead atoms. The van der Waals surface area contributed by atoms with Gasteiger partial charge in [-0.3, -0.25) is 4.57 Å². The van der Waals surface area contributed by atoms with Gasteiger partial charge in [-0.2, -0.15) is 0 Å². The molecule has 86 valence electrons. The molecule has 0 aliphatic heterocycles. The van der Waals surface area contributed by atoms with Gasteiger partial charge >= 0.3 is 0 Å². The van der Waals surface area contributed by atoms with Crippen LogP contribution in [0.5, 0.6) is 0 Å². The van der Waals surface area contributed by atoms with E-state index in [0.717, 1.165) is 12.8 Å². The van der Waals surface area contributed by atoms with E-state index in [1.54, 1.807) is 0 Å². The van der Waals surface area contributed by atoms with Gasteiger partial charge in [0.05, 0.1) is 0 Å². The Morgan fingerprint density at radius 3 is 1.79 bits per heavy atom. The Labute approximate surface area is 103 Å². The van der Waals surface area contributed by atoms with Crippen LogP contribution in [-0.2, 0) is 25.6 Å². The van der Waals surface area contributed by atoms with Crippen molar-refractivity contribution in [2.24, 2.45) is 0 Å². The van der Waals surface area contributed by atoms with Crippen LogP contribution in [0, 0.1) is 0 Å². The Bertz CT molecular complexity index is 131. The molecule has 4 heteroatoms. The van der Waals surface area contributed by atoms with Gasteiger partial charge in [0.15, 0.2) is 8.03 Å². The van der Waals surface area contributed by atoms with E-state index in [1.165, 1.54) is 38.5 Å². The third-order valence-corrected chi connectivity index (χ3v) is 3.03. The predicted octanol–water partition coefficient (Wildman–Crippen LogP) is 3.59. The summed E-state index contributed by atoms with van der Waals surface area (Å²) < 4.78 is 10.4. The van der Waals surface area contributed by atoms with E-state index in [1.807, 2.05) is 0 Å². The zero-order chi connectivity index (χ0) is 9.94. The number of unbranched alkanes of at least 4 members (excludes halogenated alkanes) is 7. The first kappa shape index (κ1) is 17.3. The molecular weight excluding hydrogens is 279 g/mol. The van der Waals surface area contributed by atoms with E-state index in [-0.39, 0.29) is 21.1 Å². The summed E-state index contributed by atoms with van der Waals surface area (Å²) in [5, 5.41) is 0. The first-order valence-electron chi connectivity index (χ1n) is 5.49. The molecular formula is C10H23MoO2P. The van der Waals surface area contributed by atoms with Gasteiger partial charge in [-0.1, -0.05) is 51.9 Å². The molecule has 0 saturated carbocycles. The smallest absolute Gasteiger partial charge is 0.189 e. The quantitative estimate of drug-likeness (QED) is 0.401. The molecule has 0 aliphatic rings. The van der Waals surface area contributed by atoms with Gasteiger partial charge in [0.1, 0.15) is 0 Å². The van der Waals surface area contributed by atoms with Gasteiger partial charge in [-0.15, -0.1) is 0 Å². The van der Waals surface area contributed by atoms with Crippen LogP contribution in [0.4, 0.5) is 0 Å². The van der Waals surface area contributed by atoms with Gasteiger partial charge in [0, 0.05) is 27.2 Å². The van der Waals surface area contributed by atoms with Gasteiger partial charge in [0.25, 0.3) is 0 Å². The molecule has 0 radical (unpaired) electrons. The second-order valence-electron chi connectivity index (χ2n) is 3.62. The third kappa shape index (κ3) is 15.4. The summed E-state index contributed by atoms with van der Waals surface area (Å²) in [4.78, 5) is 8.57. The Balaban J connectivity index is 0. The molecule has 0 rings (SSSR count). The molecule has 2 nitrogen and oxygen atoms in total. The average molecular weight is 302 g/mol. The summed E-state index contributed by atoms with van der Waals surface area (Å²) in [6.45, 7) is 2.22. The van der Waals surface area contributed by atoms with Crippen LogP contribution in [0.2, 0.25) is 0 Å². The minimum atomic E-state index is -2.19. The maximum absolute atomic E-state index is 10.4. The zero-order valence-corrected chi connectivity index (χ0v) is 12.1. The normalized spacial score (nSPS) is 12.1. The van der Waals surface area contributed by atoms with Crippen LogP contribution >= 0.6 is 8.03 Å². The Morgan fingerprint density at radius 2 is 1.36 bits per heavy atom. The van der Waals surface area contributed by atoms with Gasteiger partial charge in [0.2, 0.25) is 0 Å². The van der Waals surface area contributed by atoms with Crippen molar-refractivity contribution in [1.29, 1.82) is 0 Å². The van der Waals surface area contributed by atoms with Crippen LogP contribution in [0.3, 0.4) is 0 Å². The molecule has 0 saturated heterocycles. The molecule has 1 N–H and O–H groups in total. The summed E-state index contributed by atoms with van der Waals surface area (Å²) in [6, 6.07) is 0. The van der Waals surface area contributed by atoms with Gasteiger partial charge < -0.3 is 4.89 Å². The molecule has 0 aliphatic carbocycles. The molecule has 1 atom stereocenters. The monoisotopic (exact) mass is 304 g/mol. The Kier molecular flexibility index (Phi) is 17.1. The topological polar surface area (TPSA) is 37.3 Å². The van der Waals surface area contributed by atoms with Crippen LogP contribution < -0.4 is 0 Å². The number of rotatable bonds is 9. The minimum absolute atomic E-state index is 0. The van der Waals surface area contributed by atoms with Crippen molar-refractivity contribution in [3.63, 3.8) is 0 Å². The fraction of sp³-hybridized carbons (Fsp3) is 1.00. The number of hydrogen-bond donors (Lipinski definition) is 1. The van der Waals surface area contributed by atoms with Crippen LogP contribution in [0.25, 0.3) is 0 Å². The predicted molar refractivity (Wildman–Crippen MR) is 58.7 cm³/mol. The van der Waals surface area contributed by atoms with E-state index < -0.39 is 8.03 Å². The van der Waals surface area contributed by atoms with Crippen LogP contribution in [-0.4, -0.2) is 11.1 Å². The van der Waals surface area contributed by atoms with Crippen molar-refractivity contribution in [2.75, 3.05) is 6.16 Å². The van der Waals surface area contributed by atoms with E-state index in [4.69, 9.17) is 4.89 Å². The molecule has 0 spiro atoms. The molecule has 0 aromatic rings. The first-order chi connectivity index (χ1) is 6.27. The van der Waals surface area contributed by atoms with Crippen LogP contribution in [0.1, 0.15) is 58.3 Å². The SMILES string of the molecule is CCCCCCCCCC[PH](=O)O.[Mo]. The maximum Gasteiger partial charge on any atom is 0.189 e. The van der Waals surface area contributed by atoms with E-state index in [2.05, 4.69) is 6.92 Å². The fourth-order valence-corrected chi connectivity index (χ4v) is 1.96. The van der Waals surface area contributed by atoms with E-state index in [9.17, 15) is 4.57 Å². The minimum Gasteiger partial charge on any atom is -0.346 e. The van der Waals surface area contributed by atoms with Crippen LogP contribution in [0.15, 0.2) is 0 Å². The third-order valence-electron chi connectivity index (χ3n) is 2.24. The number of hydrogen-bond acceptors (Lipinski definition) is 1. The summed E-state index contributed by atoms with van der Waals surface area (Å²) in [6.07, 6.45) is 10.5. The molecule has 0 aromatic heterocycles. The van der Waals surface area contributed by atoms with Crippen molar-refractivity contribution >= 4 is 8.03 Å². The maximum atomic E-state index is 10.4. The van der Waals surface area contributed by atoms with Gasteiger partial charge in [-0.25, -0.2) is 0 Å². The molecule has 1 unspecified atom stereocenters. The van der Waals surface area contributed by atoms with Crippen molar-refractivity contribution in [3.8, 4) is 0 Å².